The third-order valence-corrected chi connectivity index (χ3v) is 3.53. The molecule has 1 amide bonds. The fourth-order valence-corrected chi connectivity index (χ4v) is 2.17. The number of carbonyl (C=O) groups is 1. The summed E-state index contributed by atoms with van der Waals surface area (Å²) in [6.07, 6.45) is -0.377. The highest BCUT2D eigenvalue weighted by Gasteiger charge is 2.15. The fourth-order valence-electron chi connectivity index (χ4n) is 2.17. The van der Waals surface area contributed by atoms with Gasteiger partial charge in [-0.1, -0.05) is 42.5 Å². The van der Waals surface area contributed by atoms with Crippen molar-refractivity contribution in [1.29, 1.82) is 0 Å². The zero-order valence-electron chi connectivity index (χ0n) is 13.0. The van der Waals surface area contributed by atoms with Crippen LogP contribution in [0.25, 0.3) is 0 Å². The third-order valence-electron chi connectivity index (χ3n) is 3.53. The highest BCUT2D eigenvalue weighted by Crippen LogP contribution is 2.13. The van der Waals surface area contributed by atoms with Crippen LogP contribution in [0.2, 0.25) is 0 Å². The fraction of sp³-hybridized carbons (Fsp3) is 0.278. The van der Waals surface area contributed by atoms with Gasteiger partial charge in [0.05, 0.1) is 0 Å². The molecule has 4 nitrogen and oxygen atoms in total. The van der Waals surface area contributed by atoms with Gasteiger partial charge in [-0.05, 0) is 29.7 Å². The number of amides is 1. The normalized spacial score (nSPS) is 11.8. The predicted octanol–water partition coefficient (Wildman–Crippen LogP) is 2.14. The molecule has 0 spiro atoms. The van der Waals surface area contributed by atoms with Crippen LogP contribution in [-0.4, -0.2) is 31.7 Å². The van der Waals surface area contributed by atoms with Crippen LogP contribution in [0.1, 0.15) is 17.2 Å². The number of benzene rings is 2. The van der Waals surface area contributed by atoms with Crippen molar-refractivity contribution < 1.29 is 9.90 Å². The van der Waals surface area contributed by atoms with Gasteiger partial charge in [0.2, 0.25) is 0 Å². The Labute approximate surface area is 131 Å². The lowest BCUT2D eigenvalue weighted by Gasteiger charge is -2.13. The summed E-state index contributed by atoms with van der Waals surface area (Å²) in [4.78, 5) is 14.0. The van der Waals surface area contributed by atoms with Gasteiger partial charge in [0, 0.05) is 26.3 Å². The summed E-state index contributed by atoms with van der Waals surface area (Å²) in [6.45, 7) is 0.504. The molecule has 2 aromatic rings. The number of nitrogens with zero attached hydrogens (tertiary/aromatic N) is 1. The number of hydrogen-bond acceptors (Lipinski definition) is 3. The molecule has 0 aliphatic carbocycles. The molecule has 116 valence electrons. The largest absolute Gasteiger partial charge is 0.378 e. The molecule has 1 atom stereocenters. The Morgan fingerprint density at radius 3 is 2.32 bits per heavy atom. The van der Waals surface area contributed by atoms with Gasteiger partial charge in [0.1, 0.15) is 0 Å². The quantitative estimate of drug-likeness (QED) is 0.859. The maximum atomic E-state index is 11.9. The van der Waals surface area contributed by atoms with Crippen molar-refractivity contribution in [3.63, 3.8) is 0 Å². The van der Waals surface area contributed by atoms with E-state index in [-0.39, 0.29) is 5.91 Å². The van der Waals surface area contributed by atoms with E-state index in [1.165, 1.54) is 0 Å². The second kappa shape index (κ2) is 7.61. The smallest absolute Gasteiger partial charge is 0.253 e. The molecule has 2 N–H and O–H groups in total. The Balaban J connectivity index is 1.82. The molecule has 0 heterocycles. The van der Waals surface area contributed by atoms with E-state index in [9.17, 15) is 9.90 Å². The van der Waals surface area contributed by atoms with Crippen LogP contribution in [0.15, 0.2) is 54.6 Å². The molecule has 22 heavy (non-hydrogen) atoms. The van der Waals surface area contributed by atoms with Crippen molar-refractivity contribution in [3.8, 4) is 0 Å². The average Bonchev–Trinajstić information content (AvgIpc) is 2.55. The van der Waals surface area contributed by atoms with Gasteiger partial charge in [-0.25, -0.2) is 0 Å². The molecule has 1 unspecified atom stereocenters. The van der Waals surface area contributed by atoms with Gasteiger partial charge < -0.3 is 15.3 Å². The Morgan fingerprint density at radius 2 is 1.73 bits per heavy atom. The first-order valence-electron chi connectivity index (χ1n) is 7.35. The minimum atomic E-state index is -1.11. The van der Waals surface area contributed by atoms with Crippen molar-refractivity contribution >= 4 is 11.6 Å². The minimum Gasteiger partial charge on any atom is -0.378 e. The van der Waals surface area contributed by atoms with Crippen molar-refractivity contribution in [2.75, 3.05) is 25.5 Å². The maximum absolute atomic E-state index is 11.9. The van der Waals surface area contributed by atoms with Gasteiger partial charge in [-0.2, -0.15) is 0 Å². The van der Waals surface area contributed by atoms with E-state index in [1.807, 2.05) is 25.1 Å². The molecule has 0 fully saturated rings. The molecule has 0 saturated heterocycles. The van der Waals surface area contributed by atoms with E-state index < -0.39 is 6.10 Å². The second-order valence-electron chi connectivity index (χ2n) is 5.42. The number of hydrogen-bond donors (Lipinski definition) is 2. The third kappa shape index (κ3) is 4.33. The van der Waals surface area contributed by atoms with E-state index in [1.54, 1.807) is 24.3 Å². The standard InChI is InChI=1S/C18H22N2O2/c1-20(2)16-10-8-14(9-11-16)12-13-19-18(22)17(21)15-6-4-3-5-7-15/h3-11,17,21H,12-13H2,1-2H3,(H,19,22). The summed E-state index contributed by atoms with van der Waals surface area (Å²) in [5, 5.41) is 12.7. The topological polar surface area (TPSA) is 52.6 Å². The van der Waals surface area contributed by atoms with E-state index in [0.29, 0.717) is 12.1 Å². The van der Waals surface area contributed by atoms with Crippen LogP contribution < -0.4 is 10.2 Å². The number of carbonyl (C=O) groups excluding carboxylic acids is 1. The van der Waals surface area contributed by atoms with Crippen molar-refractivity contribution in [2.45, 2.75) is 12.5 Å². The van der Waals surface area contributed by atoms with Gasteiger partial charge in [-0.15, -0.1) is 0 Å². The highest BCUT2D eigenvalue weighted by atomic mass is 16.3. The summed E-state index contributed by atoms with van der Waals surface area (Å²) >= 11 is 0. The summed E-state index contributed by atoms with van der Waals surface area (Å²) in [7, 11) is 4.00. The Kier molecular flexibility index (Phi) is 5.55. The Bertz CT molecular complexity index is 594. The Hall–Kier alpha value is -2.33. The van der Waals surface area contributed by atoms with Crippen LogP contribution >= 0.6 is 0 Å². The molecule has 0 aliphatic heterocycles. The van der Waals surface area contributed by atoms with E-state index in [0.717, 1.165) is 17.7 Å². The van der Waals surface area contributed by atoms with Gasteiger partial charge in [-0.3, -0.25) is 4.79 Å². The van der Waals surface area contributed by atoms with Crippen LogP contribution in [0.4, 0.5) is 5.69 Å². The zero-order chi connectivity index (χ0) is 15.9. The molecule has 0 aromatic heterocycles. The SMILES string of the molecule is CN(C)c1ccc(CCNC(=O)C(O)c2ccccc2)cc1. The van der Waals surface area contributed by atoms with Crippen molar-refractivity contribution in [1.82, 2.24) is 5.32 Å². The molecule has 2 rings (SSSR count). The molecule has 4 heteroatoms. The number of anilines is 1. The molecular formula is C18H22N2O2. The van der Waals surface area contributed by atoms with Gasteiger partial charge >= 0.3 is 0 Å². The highest BCUT2D eigenvalue weighted by molar-refractivity contribution is 5.81. The lowest BCUT2D eigenvalue weighted by molar-refractivity contribution is -0.129. The second-order valence-corrected chi connectivity index (χ2v) is 5.42. The van der Waals surface area contributed by atoms with E-state index in [4.69, 9.17) is 0 Å². The zero-order valence-corrected chi connectivity index (χ0v) is 13.0. The molecular weight excluding hydrogens is 276 g/mol. The van der Waals surface area contributed by atoms with Crippen molar-refractivity contribution in [3.05, 3.63) is 65.7 Å². The minimum absolute atomic E-state index is 0.365. The van der Waals surface area contributed by atoms with Crippen LogP contribution in [-0.2, 0) is 11.2 Å². The molecule has 0 saturated carbocycles. The maximum Gasteiger partial charge on any atom is 0.253 e. The van der Waals surface area contributed by atoms with Crippen LogP contribution in [0.5, 0.6) is 0 Å². The average molecular weight is 298 g/mol. The summed E-state index contributed by atoms with van der Waals surface area (Å²) in [6, 6.07) is 17.1. The molecule has 2 aromatic carbocycles. The first-order chi connectivity index (χ1) is 10.6. The first-order valence-corrected chi connectivity index (χ1v) is 7.35. The predicted molar refractivity (Wildman–Crippen MR) is 88.9 cm³/mol. The van der Waals surface area contributed by atoms with E-state index >= 15 is 0 Å². The van der Waals surface area contributed by atoms with Crippen LogP contribution in [0, 0.1) is 0 Å². The van der Waals surface area contributed by atoms with E-state index in [2.05, 4.69) is 29.6 Å². The molecule has 0 aliphatic rings. The monoisotopic (exact) mass is 298 g/mol. The lowest BCUT2D eigenvalue weighted by atomic mass is 10.1. The number of aliphatic hydroxyl groups excluding tert-OH is 1. The number of nitrogens with one attached hydrogen (secondary N) is 1. The lowest BCUT2D eigenvalue weighted by Crippen LogP contribution is -2.30. The summed E-state index contributed by atoms with van der Waals surface area (Å²) in [5.41, 5.74) is 2.91. The van der Waals surface area contributed by atoms with Gasteiger partial charge in [0.25, 0.3) is 5.91 Å². The molecule has 0 bridgehead atoms. The number of rotatable bonds is 6. The molecule has 0 radical (unpaired) electrons. The van der Waals surface area contributed by atoms with Crippen LogP contribution in [0.3, 0.4) is 0 Å². The summed E-state index contributed by atoms with van der Waals surface area (Å²) < 4.78 is 0. The summed E-state index contributed by atoms with van der Waals surface area (Å²) in [5.74, 6) is -0.365. The number of aliphatic hydroxyl groups is 1. The van der Waals surface area contributed by atoms with Crippen molar-refractivity contribution in [2.24, 2.45) is 0 Å². The van der Waals surface area contributed by atoms with Gasteiger partial charge in [0.15, 0.2) is 6.10 Å². The Morgan fingerprint density at radius 1 is 1.09 bits per heavy atom. The first kappa shape index (κ1) is 16.0.